The van der Waals surface area contributed by atoms with Crippen LogP contribution in [-0.2, 0) is 19.2 Å². The maximum Gasteiger partial charge on any atom is 0.291 e. The monoisotopic (exact) mass is 900 g/mol. The van der Waals surface area contributed by atoms with Gasteiger partial charge in [-0.25, -0.2) is 0 Å². The molecule has 4 aromatic carbocycles. The fourth-order valence-electron chi connectivity index (χ4n) is 8.45. The molecule has 6 rings (SSSR count). The zero-order valence-electron chi connectivity index (χ0n) is 37.8. The third-order valence-corrected chi connectivity index (χ3v) is 13.0. The molecule has 65 heavy (non-hydrogen) atoms. The van der Waals surface area contributed by atoms with E-state index in [-0.39, 0.29) is 67.8 Å². The Morgan fingerprint density at radius 2 is 0.892 bits per heavy atom. The number of hydrogen-bond acceptors (Lipinski definition) is 9. The Bertz CT molecular complexity index is 2360. The van der Waals surface area contributed by atoms with Gasteiger partial charge in [0.1, 0.15) is 0 Å². The second-order valence-electron chi connectivity index (χ2n) is 16.6. The van der Waals surface area contributed by atoms with E-state index in [0.717, 1.165) is 22.9 Å². The van der Waals surface area contributed by atoms with Crippen molar-refractivity contribution in [3.63, 3.8) is 0 Å². The first-order valence-corrected chi connectivity index (χ1v) is 22.9. The molecule has 0 N–H and O–H groups in total. The molecule has 0 atom stereocenters. The molecule has 14 nitrogen and oxygen atoms in total. The van der Waals surface area contributed by atoms with E-state index in [1.807, 2.05) is 64.1 Å². The zero-order chi connectivity index (χ0) is 46.9. The van der Waals surface area contributed by atoms with Crippen LogP contribution in [0.4, 0.5) is 11.4 Å². The first-order valence-electron chi connectivity index (χ1n) is 22.1. The molecular formula is C50H56N6O8S. The molecule has 0 aromatic heterocycles. The number of carbonyl (C=O) groups is 4. The van der Waals surface area contributed by atoms with Crippen molar-refractivity contribution in [2.24, 2.45) is 0 Å². The minimum atomic E-state index is -0.473. The van der Waals surface area contributed by atoms with Crippen LogP contribution in [0.25, 0.3) is 34.4 Å². The topological polar surface area (TPSA) is 168 Å². The molecular weight excluding hydrogens is 845 g/mol. The summed E-state index contributed by atoms with van der Waals surface area (Å²) in [6, 6.07) is 21.3. The van der Waals surface area contributed by atoms with E-state index in [1.54, 1.807) is 82.0 Å². The second-order valence-corrected chi connectivity index (χ2v) is 17.7. The minimum absolute atomic E-state index is 0.0288. The molecule has 2 fully saturated rings. The molecule has 0 aliphatic carbocycles. The molecule has 2 aliphatic rings. The Morgan fingerprint density at radius 1 is 0.554 bits per heavy atom. The van der Waals surface area contributed by atoms with Crippen LogP contribution < -0.4 is 0 Å². The van der Waals surface area contributed by atoms with Crippen molar-refractivity contribution < 1.29 is 29.0 Å². The summed E-state index contributed by atoms with van der Waals surface area (Å²) >= 11 is 0.918. The lowest BCUT2D eigenvalue weighted by atomic mass is 9.89. The van der Waals surface area contributed by atoms with Gasteiger partial charge >= 0.3 is 0 Å². The number of benzene rings is 4. The van der Waals surface area contributed by atoms with E-state index in [1.165, 1.54) is 12.2 Å². The Hall–Kier alpha value is -6.61. The third kappa shape index (κ3) is 10.8. The van der Waals surface area contributed by atoms with Crippen molar-refractivity contribution >= 4 is 58.9 Å². The van der Waals surface area contributed by atoms with Gasteiger partial charge in [-0.3, -0.25) is 39.4 Å². The van der Waals surface area contributed by atoms with Gasteiger partial charge in [-0.2, -0.15) is 0 Å². The second kappa shape index (κ2) is 21.4. The summed E-state index contributed by atoms with van der Waals surface area (Å²) in [6.45, 7) is 14.7. The Morgan fingerprint density at radius 3 is 1.22 bits per heavy atom. The fourth-order valence-corrected chi connectivity index (χ4v) is 9.51. The SMILES string of the molecule is CCC(=O)N1CCN(C(=O)C=Cc2ccc(Sc3ccc(C=CC(=O)N4CCN(C(=O)CC)CC4)c(-c4ccccc4C(C)C)c3[N+](=O)[O-])c([N+](=O)[O-])c2-c2ccccc2C(C)C)CC1. The molecule has 4 amide bonds. The largest absolute Gasteiger partial charge is 0.339 e. The predicted molar refractivity (Wildman–Crippen MR) is 254 cm³/mol. The van der Waals surface area contributed by atoms with Gasteiger partial charge in [0.2, 0.25) is 23.6 Å². The van der Waals surface area contributed by atoms with Crippen LogP contribution in [0, 0.1) is 20.2 Å². The molecule has 340 valence electrons. The van der Waals surface area contributed by atoms with Crippen LogP contribution in [0.3, 0.4) is 0 Å². The van der Waals surface area contributed by atoms with Crippen molar-refractivity contribution in [1.82, 2.24) is 19.6 Å². The summed E-state index contributed by atoms with van der Waals surface area (Å²) in [5, 5.41) is 26.9. The van der Waals surface area contributed by atoms with Crippen LogP contribution in [0.15, 0.2) is 94.7 Å². The standard InChI is InChI=1S/C50H56N6O8S/c1-7-43(57)51-25-29-53(30-26-51)45(59)23-19-35-17-21-41(49(55(61)62)47(35)39-15-11-9-13-37(39)33(3)4)65-42-22-18-36(20-24-46(60)54-31-27-52(28-32-54)44(58)8-2)48(50(42)56(63)64)40-16-12-10-14-38(40)34(5)6/h9-24,33-34H,7-8,25-32H2,1-6H3. The lowest BCUT2D eigenvalue weighted by Gasteiger charge is -2.34. The smallest absolute Gasteiger partial charge is 0.291 e. The van der Waals surface area contributed by atoms with E-state index in [9.17, 15) is 39.4 Å². The number of nitrogens with zero attached hydrogens (tertiary/aromatic N) is 6. The molecule has 0 spiro atoms. The van der Waals surface area contributed by atoms with Gasteiger partial charge in [0, 0.05) is 77.4 Å². The Kier molecular flexibility index (Phi) is 15.7. The first-order chi connectivity index (χ1) is 31.1. The molecule has 0 saturated carbocycles. The van der Waals surface area contributed by atoms with E-state index >= 15 is 0 Å². The van der Waals surface area contributed by atoms with Gasteiger partial charge in [-0.1, -0.05) is 114 Å². The third-order valence-electron chi connectivity index (χ3n) is 11.9. The quantitative estimate of drug-likeness (QED) is 0.0680. The summed E-state index contributed by atoms with van der Waals surface area (Å²) in [6.07, 6.45) is 6.73. The maximum absolute atomic E-state index is 13.5. The van der Waals surface area contributed by atoms with Crippen molar-refractivity contribution in [2.75, 3.05) is 52.4 Å². The lowest BCUT2D eigenvalue weighted by molar-refractivity contribution is -0.387. The number of rotatable bonds is 14. The Balaban J connectivity index is 1.46. The normalized spacial score (nSPS) is 14.5. The number of nitro groups is 2. The summed E-state index contributed by atoms with van der Waals surface area (Å²) < 4.78 is 0. The average Bonchev–Trinajstić information content (AvgIpc) is 3.31. The van der Waals surface area contributed by atoms with Crippen LogP contribution in [0.1, 0.15) is 88.5 Å². The van der Waals surface area contributed by atoms with E-state index in [4.69, 9.17) is 0 Å². The minimum Gasteiger partial charge on any atom is -0.339 e. The summed E-state index contributed by atoms with van der Waals surface area (Å²) in [5.74, 6) is -0.583. The first kappa shape index (κ1) is 47.9. The van der Waals surface area contributed by atoms with Crippen LogP contribution >= 0.6 is 11.8 Å². The van der Waals surface area contributed by atoms with Crippen LogP contribution in [-0.4, -0.2) is 105 Å². The van der Waals surface area contributed by atoms with Gasteiger partial charge in [-0.15, -0.1) is 0 Å². The summed E-state index contributed by atoms with van der Waals surface area (Å²) in [5.41, 5.74) is 3.75. The Labute approximate surface area is 384 Å². The highest BCUT2D eigenvalue weighted by molar-refractivity contribution is 7.99. The van der Waals surface area contributed by atoms with Crippen molar-refractivity contribution in [1.29, 1.82) is 0 Å². The van der Waals surface area contributed by atoms with E-state index < -0.39 is 9.85 Å². The molecule has 4 aromatic rings. The van der Waals surface area contributed by atoms with Crippen molar-refractivity contribution in [3.8, 4) is 22.3 Å². The van der Waals surface area contributed by atoms with Crippen molar-refractivity contribution in [3.05, 3.63) is 127 Å². The number of piperazine rings is 2. The maximum atomic E-state index is 13.5. The van der Waals surface area contributed by atoms with Crippen LogP contribution in [0.5, 0.6) is 0 Å². The van der Waals surface area contributed by atoms with Gasteiger partial charge in [0.15, 0.2) is 0 Å². The van der Waals surface area contributed by atoms with Gasteiger partial charge in [0.25, 0.3) is 11.4 Å². The van der Waals surface area contributed by atoms with Gasteiger partial charge < -0.3 is 19.6 Å². The highest BCUT2D eigenvalue weighted by Crippen LogP contribution is 2.50. The van der Waals surface area contributed by atoms with Crippen molar-refractivity contribution in [2.45, 2.75) is 76.0 Å². The highest BCUT2D eigenvalue weighted by Gasteiger charge is 2.32. The molecule has 0 radical (unpaired) electrons. The number of nitro benzene ring substituents is 2. The average molecular weight is 901 g/mol. The molecule has 2 heterocycles. The fraction of sp³-hybridized carbons (Fsp3) is 0.360. The molecule has 2 aliphatic heterocycles. The van der Waals surface area contributed by atoms with Gasteiger partial charge in [0.05, 0.1) is 30.8 Å². The number of amides is 4. The number of carbonyl (C=O) groups excluding carboxylic acids is 4. The summed E-state index contributed by atoms with van der Waals surface area (Å²) in [7, 11) is 0. The molecule has 0 unspecified atom stereocenters. The number of hydrogen-bond donors (Lipinski definition) is 0. The summed E-state index contributed by atoms with van der Waals surface area (Å²) in [4.78, 5) is 84.5. The predicted octanol–water partition coefficient (Wildman–Crippen LogP) is 9.42. The highest BCUT2D eigenvalue weighted by atomic mass is 32.2. The molecule has 2 saturated heterocycles. The van der Waals surface area contributed by atoms with Gasteiger partial charge in [-0.05, 0) is 69.5 Å². The lowest BCUT2D eigenvalue weighted by Crippen LogP contribution is -2.50. The van der Waals surface area contributed by atoms with E-state index in [2.05, 4.69) is 0 Å². The van der Waals surface area contributed by atoms with E-state index in [0.29, 0.717) is 87.5 Å². The molecule has 15 heteroatoms. The van der Waals surface area contributed by atoms with Crippen LogP contribution in [0.2, 0.25) is 0 Å². The molecule has 0 bridgehead atoms. The zero-order valence-corrected chi connectivity index (χ0v) is 38.6.